The summed E-state index contributed by atoms with van der Waals surface area (Å²) in [4.78, 5) is 47.7. The lowest BCUT2D eigenvalue weighted by Gasteiger charge is -2.20. The molecule has 0 N–H and O–H groups in total. The molecule has 4 aliphatic heterocycles. The van der Waals surface area contributed by atoms with Crippen molar-refractivity contribution in [2.75, 3.05) is 50.1 Å². The van der Waals surface area contributed by atoms with Crippen molar-refractivity contribution >= 4 is 45.9 Å². The third-order valence-electron chi connectivity index (χ3n) is 9.05. The molecule has 0 fully saturated rings. The van der Waals surface area contributed by atoms with Crippen LogP contribution < -0.4 is 9.80 Å². The number of hydrogen-bond acceptors (Lipinski definition) is 8. The number of carbonyl (C=O) groups is 2. The van der Waals surface area contributed by atoms with E-state index in [1.54, 1.807) is 22.7 Å². The molecule has 10 heteroatoms. The van der Waals surface area contributed by atoms with E-state index >= 15 is 0 Å². The molecule has 2 amide bonds. The Balaban J connectivity index is 1.09. The molecule has 8 rings (SSSR count). The van der Waals surface area contributed by atoms with Crippen molar-refractivity contribution in [3.8, 4) is 11.1 Å². The summed E-state index contributed by atoms with van der Waals surface area (Å²) in [5.74, 6) is 0.000656. The number of likely N-dealkylation sites (N-methyl/N-ethyl adjacent to an activating group) is 2. The van der Waals surface area contributed by atoms with Crippen molar-refractivity contribution in [1.82, 2.24) is 19.8 Å². The van der Waals surface area contributed by atoms with E-state index in [9.17, 15) is 9.59 Å². The highest BCUT2D eigenvalue weighted by atomic mass is 32.1. The maximum Gasteiger partial charge on any atom is 0.287 e. The molecule has 0 unspecified atom stereocenters. The highest BCUT2D eigenvalue weighted by Gasteiger charge is 2.34. The Morgan fingerprint density at radius 2 is 1.10 bits per heavy atom. The zero-order valence-corrected chi connectivity index (χ0v) is 25.5. The molecule has 0 aliphatic carbocycles. The van der Waals surface area contributed by atoms with Gasteiger partial charge in [-0.05, 0) is 61.3 Å². The van der Waals surface area contributed by atoms with Crippen molar-refractivity contribution in [2.24, 2.45) is 0 Å². The first-order valence-corrected chi connectivity index (χ1v) is 16.3. The monoisotopic (exact) mass is 596 g/mol. The fraction of sp³-hybridized carbons (Fsp3) is 0.375. The Morgan fingerprint density at radius 1 is 0.643 bits per heavy atom. The second kappa shape index (κ2) is 10.1. The zero-order chi connectivity index (χ0) is 28.5. The van der Waals surface area contributed by atoms with Crippen molar-refractivity contribution in [3.63, 3.8) is 0 Å². The number of amides is 2. The average Bonchev–Trinajstić information content (AvgIpc) is 3.79. The first-order valence-electron chi connectivity index (χ1n) is 14.7. The standard InChI is InChI=1S/C32H32N6O2S2/c1-35-13-11-23-27(17-35)41-29(33-23)31(39)37-15-9-21-19(5-3-7-25(21)37)20-6-4-8-26-22(20)10-16-38(26)32(40)30-34-24-12-14-36(2)18-28(24)42-30/h3-8H,9-18H2,1-2H3. The summed E-state index contributed by atoms with van der Waals surface area (Å²) in [6.45, 7) is 4.99. The molecule has 4 aliphatic rings. The number of thiazole rings is 2. The van der Waals surface area contributed by atoms with Crippen molar-refractivity contribution in [2.45, 2.75) is 38.8 Å². The minimum Gasteiger partial charge on any atom is -0.306 e. The predicted octanol–water partition coefficient (Wildman–Crippen LogP) is 4.65. The summed E-state index contributed by atoms with van der Waals surface area (Å²) in [6, 6.07) is 12.6. The fourth-order valence-electron chi connectivity index (χ4n) is 6.86. The summed E-state index contributed by atoms with van der Waals surface area (Å²) < 4.78 is 0. The van der Waals surface area contributed by atoms with Crippen LogP contribution in [-0.4, -0.2) is 71.9 Å². The van der Waals surface area contributed by atoms with Gasteiger partial charge in [-0.15, -0.1) is 22.7 Å². The Labute approximate surface area is 253 Å². The largest absolute Gasteiger partial charge is 0.306 e. The number of rotatable bonds is 3. The third kappa shape index (κ3) is 4.23. The second-order valence-corrected chi connectivity index (χ2v) is 13.9. The van der Waals surface area contributed by atoms with Gasteiger partial charge >= 0.3 is 0 Å². The summed E-state index contributed by atoms with van der Waals surface area (Å²) >= 11 is 3.09. The quantitative estimate of drug-likeness (QED) is 0.343. The number of fused-ring (bicyclic) bond motifs is 4. The molecule has 2 aromatic heterocycles. The van der Waals surface area contributed by atoms with Crippen LogP contribution in [0.1, 0.15) is 51.9 Å². The lowest BCUT2D eigenvalue weighted by Crippen LogP contribution is -2.28. The molecular weight excluding hydrogens is 565 g/mol. The predicted molar refractivity (Wildman–Crippen MR) is 167 cm³/mol. The molecule has 6 heterocycles. The number of carbonyl (C=O) groups excluding carboxylic acids is 2. The van der Waals surface area contributed by atoms with Gasteiger partial charge in [-0.2, -0.15) is 0 Å². The maximum absolute atomic E-state index is 13.7. The van der Waals surface area contributed by atoms with Crippen molar-refractivity contribution in [1.29, 1.82) is 0 Å². The lowest BCUT2D eigenvalue weighted by molar-refractivity contribution is 0.0981. The van der Waals surface area contributed by atoms with Gasteiger partial charge in [0.25, 0.3) is 11.8 Å². The highest BCUT2D eigenvalue weighted by molar-refractivity contribution is 7.14. The fourth-order valence-corrected chi connectivity index (χ4v) is 9.13. The van der Waals surface area contributed by atoms with E-state index in [0.717, 1.165) is 85.8 Å². The number of hydrogen-bond donors (Lipinski definition) is 0. The average molecular weight is 597 g/mol. The smallest absolute Gasteiger partial charge is 0.287 e. The topological polar surface area (TPSA) is 72.9 Å². The molecule has 0 radical (unpaired) electrons. The third-order valence-corrected chi connectivity index (χ3v) is 11.2. The Morgan fingerprint density at radius 3 is 1.55 bits per heavy atom. The molecule has 0 bridgehead atoms. The van der Waals surface area contributed by atoms with Crippen LogP contribution in [0.3, 0.4) is 0 Å². The molecule has 0 saturated heterocycles. The zero-order valence-electron chi connectivity index (χ0n) is 23.9. The first-order chi connectivity index (χ1) is 20.4. The summed E-state index contributed by atoms with van der Waals surface area (Å²) in [6.07, 6.45) is 3.40. The summed E-state index contributed by atoms with van der Waals surface area (Å²) in [5.41, 5.74) is 8.82. The second-order valence-electron chi connectivity index (χ2n) is 11.8. The van der Waals surface area contributed by atoms with E-state index in [2.05, 4.69) is 60.3 Å². The Bertz CT molecular complexity index is 1630. The minimum atomic E-state index is 0.000328. The van der Waals surface area contributed by atoms with Gasteiger partial charge in [0.05, 0.1) is 11.4 Å². The maximum atomic E-state index is 13.7. The highest BCUT2D eigenvalue weighted by Crippen LogP contribution is 2.43. The van der Waals surface area contributed by atoms with Crippen molar-refractivity contribution in [3.05, 3.63) is 78.7 Å². The Hall–Kier alpha value is -3.44. The molecule has 4 aromatic rings. The van der Waals surface area contributed by atoms with Gasteiger partial charge in [0.15, 0.2) is 10.0 Å². The van der Waals surface area contributed by atoms with Crippen LogP contribution in [0, 0.1) is 0 Å². The molecule has 2 aromatic carbocycles. The van der Waals surface area contributed by atoms with Crippen LogP contribution in [0.25, 0.3) is 11.1 Å². The molecule has 0 atom stereocenters. The van der Waals surface area contributed by atoms with E-state index in [0.29, 0.717) is 23.1 Å². The SMILES string of the molecule is CN1CCc2nc(C(=O)N3CCc4c(-c5cccc6c5CCN6C(=O)c5nc6c(s5)CN(C)CC6)cccc43)sc2C1. The summed E-state index contributed by atoms with van der Waals surface area (Å²) in [5, 5.41) is 1.19. The Kier molecular flexibility index (Phi) is 6.29. The molecule has 0 saturated carbocycles. The van der Waals surface area contributed by atoms with Crippen LogP contribution in [0.4, 0.5) is 11.4 Å². The number of anilines is 2. The van der Waals surface area contributed by atoms with Crippen molar-refractivity contribution < 1.29 is 9.59 Å². The molecule has 214 valence electrons. The molecule has 0 spiro atoms. The first kappa shape index (κ1) is 26.2. The van der Waals surface area contributed by atoms with E-state index in [1.807, 2.05) is 9.80 Å². The molecule has 8 nitrogen and oxygen atoms in total. The van der Waals surface area contributed by atoms with Gasteiger partial charge in [-0.3, -0.25) is 9.59 Å². The van der Waals surface area contributed by atoms with Crippen LogP contribution in [0.5, 0.6) is 0 Å². The lowest BCUT2D eigenvalue weighted by atomic mass is 9.93. The van der Waals surface area contributed by atoms with Gasteiger partial charge < -0.3 is 19.6 Å². The van der Waals surface area contributed by atoms with E-state index < -0.39 is 0 Å². The van der Waals surface area contributed by atoms with E-state index in [4.69, 9.17) is 9.97 Å². The van der Waals surface area contributed by atoms with E-state index in [-0.39, 0.29) is 11.8 Å². The van der Waals surface area contributed by atoms with Gasteiger partial charge in [-0.25, -0.2) is 9.97 Å². The van der Waals surface area contributed by atoms with Crippen LogP contribution in [-0.2, 0) is 38.8 Å². The number of nitrogens with zero attached hydrogens (tertiary/aromatic N) is 6. The summed E-state index contributed by atoms with van der Waals surface area (Å²) in [7, 11) is 4.23. The van der Waals surface area contributed by atoms with Crippen LogP contribution in [0.15, 0.2) is 36.4 Å². The minimum absolute atomic E-state index is 0.000328. The van der Waals surface area contributed by atoms with Gasteiger partial charge in [0.1, 0.15) is 0 Å². The van der Waals surface area contributed by atoms with Gasteiger partial charge in [0.2, 0.25) is 0 Å². The molecule has 42 heavy (non-hydrogen) atoms. The number of benzene rings is 2. The van der Waals surface area contributed by atoms with Gasteiger partial charge in [0, 0.05) is 73.2 Å². The number of aromatic nitrogens is 2. The van der Waals surface area contributed by atoms with Crippen LogP contribution in [0.2, 0.25) is 0 Å². The normalized spacial score (nSPS) is 18.1. The molecular formula is C32H32N6O2S2. The van der Waals surface area contributed by atoms with Gasteiger partial charge in [-0.1, -0.05) is 24.3 Å². The van der Waals surface area contributed by atoms with E-state index in [1.165, 1.54) is 20.9 Å². The van der Waals surface area contributed by atoms with Crippen LogP contribution >= 0.6 is 22.7 Å².